The molecule has 0 unspecified atom stereocenters. The van der Waals surface area contributed by atoms with Crippen molar-refractivity contribution in [1.82, 2.24) is 5.06 Å². The smallest absolute Gasteiger partial charge is 0.330 e. The normalized spacial score (nSPS) is 19.7. The quantitative estimate of drug-likeness (QED) is 0.668. The molecule has 0 aromatic carbocycles. The molecule has 2 aliphatic rings. The highest BCUT2D eigenvalue weighted by Gasteiger charge is 2.32. The van der Waals surface area contributed by atoms with Crippen LogP contribution in [-0.4, -0.2) is 28.6 Å². The molecule has 5 radical (unpaired) electrons. The van der Waals surface area contributed by atoms with Crippen LogP contribution in [0, 0.1) is 31.6 Å². The summed E-state index contributed by atoms with van der Waals surface area (Å²) in [7, 11) is 0. The summed E-state index contributed by atoms with van der Waals surface area (Å²) in [5.41, 5.74) is 0. The van der Waals surface area contributed by atoms with Crippen LogP contribution in [0.2, 0.25) is 0 Å². The predicted octanol–water partition coefficient (Wildman–Crippen LogP) is 0.738. The first-order chi connectivity index (χ1) is 9.58. The zero-order valence-corrected chi connectivity index (χ0v) is 10.8. The molecule has 0 bridgehead atoms. The van der Waals surface area contributed by atoms with Gasteiger partial charge in [-0.3, -0.25) is 14.4 Å². The van der Waals surface area contributed by atoms with E-state index in [-0.39, 0.29) is 31.5 Å². The standard InChI is InChI=1S/C14H14NO5/c16-11(10-4-1-2-5-10)6-3-7-14(19)20-15-12(17)8-9-13(15)18/h1-2,4-5H,3,6-9H2. The van der Waals surface area contributed by atoms with Crippen LogP contribution in [-0.2, 0) is 24.0 Å². The van der Waals surface area contributed by atoms with Crippen molar-refractivity contribution >= 4 is 23.6 Å². The van der Waals surface area contributed by atoms with Crippen LogP contribution in [0.15, 0.2) is 0 Å². The Bertz CT molecular complexity index is 409. The van der Waals surface area contributed by atoms with Crippen LogP contribution in [0.4, 0.5) is 0 Å². The van der Waals surface area contributed by atoms with Crippen molar-refractivity contribution in [2.75, 3.05) is 0 Å². The van der Waals surface area contributed by atoms with Gasteiger partial charge in [0.25, 0.3) is 11.8 Å². The number of hydrogen-bond acceptors (Lipinski definition) is 5. The van der Waals surface area contributed by atoms with Crippen LogP contribution in [0.25, 0.3) is 0 Å². The number of hydroxylamine groups is 2. The van der Waals surface area contributed by atoms with Gasteiger partial charge < -0.3 is 4.84 Å². The van der Waals surface area contributed by atoms with Gasteiger partial charge in [0, 0.05) is 31.6 Å². The number of imide groups is 1. The van der Waals surface area contributed by atoms with E-state index in [9.17, 15) is 19.2 Å². The lowest BCUT2D eigenvalue weighted by atomic mass is 9.98. The fraction of sp³-hybridized carbons (Fsp3) is 0.357. The monoisotopic (exact) mass is 276 g/mol. The molecule has 2 fully saturated rings. The molecular formula is C14H14NO5. The first-order valence-electron chi connectivity index (χ1n) is 6.39. The molecule has 0 aromatic heterocycles. The zero-order valence-electron chi connectivity index (χ0n) is 10.8. The molecule has 0 N–H and O–H groups in total. The summed E-state index contributed by atoms with van der Waals surface area (Å²) in [6, 6.07) is 0. The maximum Gasteiger partial charge on any atom is 0.333 e. The highest BCUT2D eigenvalue weighted by molar-refractivity contribution is 6.01. The van der Waals surface area contributed by atoms with Gasteiger partial charge in [0.2, 0.25) is 0 Å². The highest BCUT2D eigenvalue weighted by Crippen LogP contribution is 2.25. The number of amides is 2. The van der Waals surface area contributed by atoms with E-state index in [0.717, 1.165) is 0 Å². The Hall–Kier alpha value is -1.72. The maximum atomic E-state index is 11.7. The number of nitrogens with zero attached hydrogens (tertiary/aromatic N) is 1. The topological polar surface area (TPSA) is 80.8 Å². The molecule has 105 valence electrons. The van der Waals surface area contributed by atoms with E-state index in [0.29, 0.717) is 17.4 Å². The van der Waals surface area contributed by atoms with Crippen molar-refractivity contribution in [3.63, 3.8) is 0 Å². The molecule has 1 aliphatic carbocycles. The van der Waals surface area contributed by atoms with Crippen molar-refractivity contribution < 1.29 is 24.0 Å². The van der Waals surface area contributed by atoms with Gasteiger partial charge in [0.1, 0.15) is 5.78 Å². The summed E-state index contributed by atoms with van der Waals surface area (Å²) >= 11 is 0. The van der Waals surface area contributed by atoms with Crippen molar-refractivity contribution in [3.8, 4) is 0 Å². The summed E-state index contributed by atoms with van der Waals surface area (Å²) in [4.78, 5) is 50.3. The number of carbonyl (C=O) groups excluding carboxylic acids is 4. The fourth-order valence-corrected chi connectivity index (χ4v) is 1.90. The average Bonchev–Trinajstić information content (AvgIpc) is 3.04. The minimum atomic E-state index is -0.677. The van der Waals surface area contributed by atoms with E-state index in [2.05, 4.69) is 0 Å². The van der Waals surface area contributed by atoms with Crippen LogP contribution in [0.5, 0.6) is 0 Å². The molecule has 1 saturated heterocycles. The van der Waals surface area contributed by atoms with Gasteiger partial charge in [-0.2, -0.15) is 0 Å². The first kappa shape index (κ1) is 14.7. The van der Waals surface area contributed by atoms with Crippen molar-refractivity contribution in [1.29, 1.82) is 0 Å². The lowest BCUT2D eigenvalue weighted by Crippen LogP contribution is -2.32. The maximum absolute atomic E-state index is 11.7. The molecule has 2 amide bonds. The molecule has 0 aromatic rings. The summed E-state index contributed by atoms with van der Waals surface area (Å²) in [6.07, 6.45) is 7.63. The summed E-state index contributed by atoms with van der Waals surface area (Å²) in [6.45, 7) is 0. The highest BCUT2D eigenvalue weighted by atomic mass is 16.7. The Morgan fingerprint density at radius 1 is 1.05 bits per heavy atom. The largest absolute Gasteiger partial charge is 0.333 e. The van der Waals surface area contributed by atoms with Crippen LogP contribution >= 0.6 is 0 Å². The summed E-state index contributed by atoms with van der Waals surface area (Å²) in [5, 5.41) is 0.515. The molecule has 2 rings (SSSR count). The Labute approximate surface area is 117 Å². The van der Waals surface area contributed by atoms with Gasteiger partial charge in [-0.25, -0.2) is 4.79 Å². The summed E-state index contributed by atoms with van der Waals surface area (Å²) in [5.74, 6) is -1.12. The number of Topliss-reactive ketones (excluding diaryl/α,β-unsaturated/α-hetero) is 1. The Kier molecular flexibility index (Phi) is 4.87. The minimum absolute atomic E-state index is 0.0104. The van der Waals surface area contributed by atoms with Crippen LogP contribution in [0.3, 0.4) is 0 Å². The first-order valence-corrected chi connectivity index (χ1v) is 6.39. The lowest BCUT2D eigenvalue weighted by Gasteiger charge is -2.12. The van der Waals surface area contributed by atoms with E-state index in [1.807, 2.05) is 0 Å². The van der Waals surface area contributed by atoms with Crippen molar-refractivity contribution in [3.05, 3.63) is 31.6 Å². The fourth-order valence-electron chi connectivity index (χ4n) is 1.90. The Morgan fingerprint density at radius 3 is 2.25 bits per heavy atom. The van der Waals surface area contributed by atoms with Gasteiger partial charge in [-0.1, -0.05) is 0 Å². The molecular weight excluding hydrogens is 262 g/mol. The second-order valence-electron chi connectivity index (χ2n) is 4.50. The molecule has 1 heterocycles. The number of ketones is 1. The molecule has 6 heteroatoms. The second kappa shape index (κ2) is 6.63. The van der Waals surface area contributed by atoms with E-state index in [1.165, 1.54) is 0 Å². The third-order valence-corrected chi connectivity index (χ3v) is 2.97. The van der Waals surface area contributed by atoms with Gasteiger partial charge in [-0.05, 0) is 32.1 Å². The molecule has 0 atom stereocenters. The predicted molar refractivity (Wildman–Crippen MR) is 66.5 cm³/mol. The van der Waals surface area contributed by atoms with E-state index >= 15 is 0 Å². The molecule has 20 heavy (non-hydrogen) atoms. The van der Waals surface area contributed by atoms with Gasteiger partial charge in [0.15, 0.2) is 0 Å². The van der Waals surface area contributed by atoms with E-state index in [4.69, 9.17) is 4.84 Å². The third kappa shape index (κ3) is 3.65. The van der Waals surface area contributed by atoms with Crippen LogP contribution in [0.1, 0.15) is 32.1 Å². The molecule has 1 saturated carbocycles. The third-order valence-electron chi connectivity index (χ3n) is 2.97. The minimum Gasteiger partial charge on any atom is -0.330 e. The molecule has 1 aliphatic heterocycles. The number of carbonyl (C=O) groups is 4. The molecule has 0 spiro atoms. The molecule has 6 nitrogen and oxygen atoms in total. The average molecular weight is 276 g/mol. The van der Waals surface area contributed by atoms with Gasteiger partial charge in [0.05, 0.1) is 0 Å². The van der Waals surface area contributed by atoms with Crippen LogP contribution < -0.4 is 0 Å². The van der Waals surface area contributed by atoms with Crippen molar-refractivity contribution in [2.24, 2.45) is 0 Å². The Balaban J connectivity index is 1.66. The number of hydrogen-bond donors (Lipinski definition) is 0. The van der Waals surface area contributed by atoms with Gasteiger partial charge in [-0.15, -0.1) is 5.06 Å². The lowest BCUT2D eigenvalue weighted by molar-refractivity contribution is -0.197. The summed E-state index contributed by atoms with van der Waals surface area (Å²) < 4.78 is 0. The van der Waals surface area contributed by atoms with Crippen molar-refractivity contribution in [2.45, 2.75) is 32.1 Å². The SMILES string of the molecule is O=C(CCCC(=O)[C]1[CH][CH][CH][CH]1)ON1C(=O)CCC1=O. The Morgan fingerprint density at radius 2 is 1.65 bits per heavy atom. The van der Waals surface area contributed by atoms with E-state index < -0.39 is 17.8 Å². The van der Waals surface area contributed by atoms with Gasteiger partial charge >= 0.3 is 5.97 Å². The zero-order chi connectivity index (χ0) is 14.5. The second-order valence-corrected chi connectivity index (χ2v) is 4.50. The number of rotatable bonds is 6. The van der Waals surface area contributed by atoms with E-state index in [1.54, 1.807) is 25.7 Å².